The summed E-state index contributed by atoms with van der Waals surface area (Å²) in [6, 6.07) is 14.0. The van der Waals surface area contributed by atoms with Gasteiger partial charge in [0.05, 0.1) is 5.41 Å². The average Bonchev–Trinajstić information content (AvgIpc) is 3.32. The topological polar surface area (TPSA) is 49.4 Å². The SMILES string of the molecule is O=C1CC2(CCN(C(=O)C3(c4ccccc4)CCCC3)CC2)[C@H](c2c(F)cccc2F)CN1. The first kappa shape index (κ1) is 22.1. The van der Waals surface area contributed by atoms with Crippen molar-refractivity contribution in [1.29, 1.82) is 0 Å². The van der Waals surface area contributed by atoms with Crippen molar-refractivity contribution in [2.75, 3.05) is 19.6 Å². The molecule has 2 aromatic rings. The summed E-state index contributed by atoms with van der Waals surface area (Å²) in [6.45, 7) is 1.24. The molecule has 0 bridgehead atoms. The lowest BCUT2D eigenvalue weighted by molar-refractivity contribution is -0.141. The Hall–Kier alpha value is -2.76. The second-order valence-corrected chi connectivity index (χ2v) is 9.98. The van der Waals surface area contributed by atoms with Crippen molar-refractivity contribution in [2.24, 2.45) is 5.41 Å². The summed E-state index contributed by atoms with van der Waals surface area (Å²) >= 11 is 0. The van der Waals surface area contributed by atoms with Crippen LogP contribution < -0.4 is 5.32 Å². The Kier molecular flexibility index (Phi) is 5.71. The number of hydrogen-bond acceptors (Lipinski definition) is 2. The Labute approximate surface area is 193 Å². The van der Waals surface area contributed by atoms with Gasteiger partial charge in [0.1, 0.15) is 11.6 Å². The molecule has 1 saturated carbocycles. The zero-order chi connectivity index (χ0) is 23.1. The molecule has 2 heterocycles. The number of likely N-dealkylation sites (tertiary alicyclic amines) is 1. The van der Waals surface area contributed by atoms with Crippen LogP contribution in [0.5, 0.6) is 0 Å². The first-order valence-corrected chi connectivity index (χ1v) is 12.0. The fraction of sp³-hybridized carbons (Fsp3) is 0.481. The lowest BCUT2D eigenvalue weighted by Gasteiger charge is -2.50. The van der Waals surface area contributed by atoms with Gasteiger partial charge in [0, 0.05) is 37.5 Å². The summed E-state index contributed by atoms with van der Waals surface area (Å²) in [6.07, 6.45) is 5.13. The summed E-state index contributed by atoms with van der Waals surface area (Å²) in [5.74, 6) is -1.50. The molecule has 3 aliphatic rings. The van der Waals surface area contributed by atoms with E-state index in [1.54, 1.807) is 0 Å². The van der Waals surface area contributed by atoms with Gasteiger partial charge in [-0.1, -0.05) is 49.2 Å². The van der Waals surface area contributed by atoms with E-state index in [9.17, 15) is 18.4 Å². The number of nitrogens with zero attached hydrogens (tertiary/aromatic N) is 1. The van der Waals surface area contributed by atoms with E-state index >= 15 is 0 Å². The van der Waals surface area contributed by atoms with Gasteiger partial charge in [-0.3, -0.25) is 9.59 Å². The predicted octanol–water partition coefficient (Wildman–Crippen LogP) is 4.69. The first-order chi connectivity index (χ1) is 16.0. The molecule has 4 nitrogen and oxygen atoms in total. The van der Waals surface area contributed by atoms with Gasteiger partial charge in [-0.05, 0) is 48.8 Å². The van der Waals surface area contributed by atoms with Crippen LogP contribution in [0.25, 0.3) is 0 Å². The van der Waals surface area contributed by atoms with Crippen LogP contribution >= 0.6 is 0 Å². The van der Waals surface area contributed by atoms with E-state index in [1.807, 2.05) is 23.1 Å². The summed E-state index contributed by atoms with van der Waals surface area (Å²) in [4.78, 5) is 28.1. The van der Waals surface area contributed by atoms with E-state index < -0.39 is 28.4 Å². The van der Waals surface area contributed by atoms with Crippen molar-refractivity contribution < 1.29 is 18.4 Å². The largest absolute Gasteiger partial charge is 0.355 e. The highest BCUT2D eigenvalue weighted by atomic mass is 19.1. The summed E-state index contributed by atoms with van der Waals surface area (Å²) in [5, 5.41) is 2.81. The maximum absolute atomic E-state index is 14.7. The van der Waals surface area contributed by atoms with Crippen LogP contribution in [0.4, 0.5) is 8.78 Å². The van der Waals surface area contributed by atoms with Gasteiger partial charge >= 0.3 is 0 Å². The van der Waals surface area contributed by atoms with Gasteiger partial charge in [-0.15, -0.1) is 0 Å². The van der Waals surface area contributed by atoms with Crippen molar-refractivity contribution in [3.63, 3.8) is 0 Å². The van der Waals surface area contributed by atoms with E-state index in [1.165, 1.54) is 18.2 Å². The molecule has 1 N–H and O–H groups in total. The molecule has 2 amide bonds. The van der Waals surface area contributed by atoms with Crippen LogP contribution in [-0.2, 0) is 15.0 Å². The molecule has 3 fully saturated rings. The van der Waals surface area contributed by atoms with Crippen LogP contribution in [0.15, 0.2) is 48.5 Å². The Balaban J connectivity index is 1.40. The fourth-order valence-electron chi connectivity index (χ4n) is 6.53. The minimum Gasteiger partial charge on any atom is -0.355 e. The maximum Gasteiger partial charge on any atom is 0.233 e. The standard InChI is InChI=1S/C27H30F2N2O2/c28-21-9-6-10-22(29)24(21)20-18-30-23(32)17-26(20)13-15-31(16-14-26)25(33)27(11-4-5-12-27)19-7-2-1-3-8-19/h1-3,6-10,20H,4-5,11-18H2,(H,30,32)/t20-/m0/s1. The zero-order valence-electron chi connectivity index (χ0n) is 18.8. The van der Waals surface area contributed by atoms with Crippen molar-refractivity contribution in [3.8, 4) is 0 Å². The summed E-state index contributed by atoms with van der Waals surface area (Å²) in [7, 11) is 0. The molecule has 6 heteroatoms. The smallest absolute Gasteiger partial charge is 0.233 e. The van der Waals surface area contributed by atoms with Gasteiger partial charge < -0.3 is 10.2 Å². The number of nitrogens with one attached hydrogen (secondary N) is 1. The molecular weight excluding hydrogens is 422 g/mol. The molecule has 2 aliphatic heterocycles. The van der Waals surface area contributed by atoms with Crippen LogP contribution in [-0.4, -0.2) is 36.3 Å². The highest BCUT2D eigenvalue weighted by Crippen LogP contribution is 2.51. The number of rotatable bonds is 3. The van der Waals surface area contributed by atoms with Crippen molar-refractivity contribution in [3.05, 3.63) is 71.3 Å². The molecule has 5 rings (SSSR count). The molecular formula is C27H30F2N2O2. The number of hydrogen-bond donors (Lipinski definition) is 1. The summed E-state index contributed by atoms with van der Waals surface area (Å²) in [5.41, 5.74) is 0.120. The van der Waals surface area contributed by atoms with Crippen LogP contribution in [0.1, 0.15) is 62.0 Å². The Morgan fingerprint density at radius 3 is 2.18 bits per heavy atom. The number of carbonyl (C=O) groups excluding carboxylic acids is 2. The number of benzene rings is 2. The molecule has 0 aromatic heterocycles. The van der Waals surface area contributed by atoms with Crippen LogP contribution in [0.2, 0.25) is 0 Å². The third-order valence-corrected chi connectivity index (χ3v) is 8.34. The van der Waals surface area contributed by atoms with E-state index in [0.717, 1.165) is 31.2 Å². The van der Waals surface area contributed by atoms with E-state index in [0.29, 0.717) is 25.9 Å². The lowest BCUT2D eigenvalue weighted by atomic mass is 9.62. The molecule has 1 aliphatic carbocycles. The number of amides is 2. The van der Waals surface area contributed by atoms with E-state index in [4.69, 9.17) is 0 Å². The Morgan fingerprint density at radius 1 is 0.909 bits per heavy atom. The number of piperidine rings is 2. The minimum absolute atomic E-state index is 0.0637. The minimum atomic E-state index is -0.567. The molecule has 0 unspecified atom stereocenters. The van der Waals surface area contributed by atoms with Crippen molar-refractivity contribution in [1.82, 2.24) is 10.2 Å². The normalized spacial score (nSPS) is 24.0. The average molecular weight is 453 g/mol. The third-order valence-electron chi connectivity index (χ3n) is 8.34. The van der Waals surface area contributed by atoms with Gasteiger partial charge in [0.25, 0.3) is 0 Å². The van der Waals surface area contributed by atoms with Gasteiger partial charge in [0.2, 0.25) is 11.8 Å². The number of carbonyl (C=O) groups is 2. The molecule has 2 saturated heterocycles. The zero-order valence-corrected chi connectivity index (χ0v) is 18.8. The van der Waals surface area contributed by atoms with E-state index in [-0.39, 0.29) is 30.3 Å². The summed E-state index contributed by atoms with van der Waals surface area (Å²) < 4.78 is 29.4. The fourth-order valence-corrected chi connectivity index (χ4v) is 6.53. The molecule has 0 radical (unpaired) electrons. The molecule has 174 valence electrons. The van der Waals surface area contributed by atoms with Gasteiger partial charge in [-0.2, -0.15) is 0 Å². The second kappa shape index (κ2) is 8.54. The third kappa shape index (κ3) is 3.73. The quantitative estimate of drug-likeness (QED) is 0.735. The monoisotopic (exact) mass is 452 g/mol. The van der Waals surface area contributed by atoms with Crippen LogP contribution in [0.3, 0.4) is 0 Å². The Morgan fingerprint density at radius 2 is 1.55 bits per heavy atom. The highest BCUT2D eigenvalue weighted by molar-refractivity contribution is 5.89. The predicted molar refractivity (Wildman–Crippen MR) is 122 cm³/mol. The molecule has 1 atom stereocenters. The lowest BCUT2D eigenvalue weighted by Crippen LogP contribution is -2.55. The highest BCUT2D eigenvalue weighted by Gasteiger charge is 2.51. The van der Waals surface area contributed by atoms with Crippen molar-refractivity contribution >= 4 is 11.8 Å². The second-order valence-electron chi connectivity index (χ2n) is 9.98. The van der Waals surface area contributed by atoms with Gasteiger partial charge in [0.15, 0.2) is 0 Å². The first-order valence-electron chi connectivity index (χ1n) is 12.0. The van der Waals surface area contributed by atoms with Gasteiger partial charge in [-0.25, -0.2) is 8.78 Å². The Bertz CT molecular complexity index is 1020. The van der Waals surface area contributed by atoms with Crippen LogP contribution in [0, 0.1) is 17.0 Å². The molecule has 2 aromatic carbocycles. The number of halogens is 2. The molecule has 1 spiro atoms. The van der Waals surface area contributed by atoms with Crippen molar-refractivity contribution in [2.45, 2.75) is 56.3 Å². The maximum atomic E-state index is 14.7. The molecule has 33 heavy (non-hydrogen) atoms. The van der Waals surface area contributed by atoms with E-state index in [2.05, 4.69) is 17.4 Å².